The zero-order valence-electron chi connectivity index (χ0n) is 54.5. The SMILES string of the molecule is CSCC[C@H](NC(=O)[C@H](CC(C)C)NC(=O)CNC(=O)[C@@H](Cc1ccccc1)NC(=O)[C@@H](Cc1ccccc1)NC(=O)[C@H](CCC(N)=O)NC(=O)[C@@H](CCC(N)=O)NC(=O)[C@H]1CCCN1C(=O)[C@@H](CCCCN)NC(=O)[C@@H]1CCCN1C(=O)[C@@H](N)CCCN=C(N)N)C(N)=O. The van der Waals surface area contributed by atoms with Gasteiger partial charge in [0.15, 0.2) is 5.96 Å². The first-order chi connectivity index (χ1) is 45.2. The van der Waals surface area contributed by atoms with Crippen molar-refractivity contribution in [3.8, 4) is 0 Å². The van der Waals surface area contributed by atoms with Gasteiger partial charge >= 0.3 is 0 Å². The molecular weight excluding hydrogens is 1250 g/mol. The van der Waals surface area contributed by atoms with Crippen LogP contribution in [0.1, 0.15) is 121 Å². The molecule has 0 radical (unpaired) electrons. The minimum Gasteiger partial charge on any atom is -0.370 e. The number of unbranched alkanes of at least 4 members (excludes halogenated alkanes) is 1. The van der Waals surface area contributed by atoms with Crippen LogP contribution < -0.4 is 82.7 Å². The third-order valence-corrected chi connectivity index (χ3v) is 16.7. The number of nitrogens with two attached hydrogens (primary N) is 7. The van der Waals surface area contributed by atoms with Gasteiger partial charge in [-0.1, -0.05) is 74.5 Å². The third-order valence-electron chi connectivity index (χ3n) is 16.0. The Bertz CT molecular complexity index is 2960. The van der Waals surface area contributed by atoms with Gasteiger partial charge < -0.3 is 92.5 Å². The highest BCUT2D eigenvalue weighted by Gasteiger charge is 2.42. The molecule has 10 atom stereocenters. The Morgan fingerprint density at radius 2 is 1.01 bits per heavy atom. The first kappa shape index (κ1) is 78.5. The van der Waals surface area contributed by atoms with Crippen molar-refractivity contribution in [1.29, 1.82) is 0 Å². The van der Waals surface area contributed by atoms with Gasteiger partial charge in [0.25, 0.3) is 0 Å². The maximum Gasteiger partial charge on any atom is 0.245 e. The van der Waals surface area contributed by atoms with Gasteiger partial charge in [-0.15, -0.1) is 0 Å². The largest absolute Gasteiger partial charge is 0.370 e. The lowest BCUT2D eigenvalue weighted by Gasteiger charge is -2.32. The molecule has 0 aromatic heterocycles. The van der Waals surface area contributed by atoms with Gasteiger partial charge in [0.1, 0.15) is 54.4 Å². The summed E-state index contributed by atoms with van der Waals surface area (Å²) in [5.74, 6) is -9.80. The van der Waals surface area contributed by atoms with Crippen molar-refractivity contribution in [2.75, 3.05) is 44.7 Å². The molecule has 2 aromatic carbocycles. The summed E-state index contributed by atoms with van der Waals surface area (Å²) in [6, 6.07) is 4.51. The van der Waals surface area contributed by atoms with Crippen LogP contribution in [-0.4, -0.2) is 198 Å². The van der Waals surface area contributed by atoms with E-state index in [-0.39, 0.29) is 83.0 Å². The Balaban J connectivity index is 1.56. The summed E-state index contributed by atoms with van der Waals surface area (Å²) in [7, 11) is 0. The Kier molecular flexibility index (Phi) is 33.9. The first-order valence-electron chi connectivity index (χ1n) is 32.2. The molecule has 2 heterocycles. The summed E-state index contributed by atoms with van der Waals surface area (Å²) in [5, 5.41) is 21.1. The van der Waals surface area contributed by atoms with Crippen LogP contribution in [0, 0.1) is 5.92 Å². The molecule has 22 N–H and O–H groups in total. The number of hydrogen-bond acceptors (Lipinski definition) is 17. The molecular formula is C63H98N18O13S. The van der Waals surface area contributed by atoms with Gasteiger partial charge in [-0.05, 0) is 119 Å². The normalized spacial score (nSPS) is 16.8. The van der Waals surface area contributed by atoms with Crippen molar-refractivity contribution in [3.05, 3.63) is 71.8 Å². The number of carbonyl (C=O) groups excluding carboxylic acids is 13. The molecule has 524 valence electrons. The Hall–Kier alpha value is -8.91. The number of nitrogens with one attached hydrogen (secondary N) is 8. The van der Waals surface area contributed by atoms with Crippen LogP contribution in [0.25, 0.3) is 0 Å². The second-order valence-electron chi connectivity index (χ2n) is 24.1. The van der Waals surface area contributed by atoms with E-state index in [9.17, 15) is 62.3 Å². The lowest BCUT2D eigenvalue weighted by atomic mass is 10.0. The molecule has 2 aliphatic rings. The van der Waals surface area contributed by atoms with Crippen LogP contribution in [0.2, 0.25) is 0 Å². The van der Waals surface area contributed by atoms with E-state index in [2.05, 4.69) is 47.5 Å². The molecule has 2 aliphatic heterocycles. The average molecular weight is 1350 g/mol. The van der Waals surface area contributed by atoms with E-state index in [1.165, 1.54) is 21.6 Å². The van der Waals surface area contributed by atoms with E-state index in [1.807, 2.05) is 20.1 Å². The zero-order chi connectivity index (χ0) is 70.1. The van der Waals surface area contributed by atoms with Crippen LogP contribution in [0.5, 0.6) is 0 Å². The number of amides is 13. The van der Waals surface area contributed by atoms with Gasteiger partial charge in [0.05, 0.1) is 12.6 Å². The number of likely N-dealkylation sites (tertiary alicyclic amines) is 2. The first-order valence-corrected chi connectivity index (χ1v) is 33.6. The highest BCUT2D eigenvalue weighted by atomic mass is 32.2. The molecule has 2 saturated heterocycles. The van der Waals surface area contributed by atoms with Crippen LogP contribution >= 0.6 is 11.8 Å². The number of rotatable bonds is 42. The Morgan fingerprint density at radius 1 is 0.537 bits per heavy atom. The highest BCUT2D eigenvalue weighted by molar-refractivity contribution is 7.98. The molecule has 2 aromatic rings. The number of nitrogens with zero attached hydrogens (tertiary/aromatic N) is 3. The van der Waals surface area contributed by atoms with Gasteiger partial charge in [-0.3, -0.25) is 67.3 Å². The number of guanidine groups is 1. The van der Waals surface area contributed by atoms with Crippen molar-refractivity contribution < 1.29 is 62.3 Å². The molecule has 0 spiro atoms. The predicted octanol–water partition coefficient (Wildman–Crippen LogP) is -3.71. The number of thioether (sulfide) groups is 1. The van der Waals surface area contributed by atoms with Gasteiger partial charge in [-0.2, -0.15) is 11.8 Å². The fourth-order valence-corrected chi connectivity index (χ4v) is 11.5. The van der Waals surface area contributed by atoms with E-state index in [0.717, 1.165) is 0 Å². The van der Waals surface area contributed by atoms with Crippen LogP contribution in [0.4, 0.5) is 0 Å². The number of hydrogen-bond donors (Lipinski definition) is 15. The van der Waals surface area contributed by atoms with Gasteiger partial charge in [0.2, 0.25) is 76.8 Å². The molecule has 4 rings (SSSR count). The summed E-state index contributed by atoms with van der Waals surface area (Å²) in [4.78, 5) is 185. The summed E-state index contributed by atoms with van der Waals surface area (Å²) >= 11 is 1.45. The summed E-state index contributed by atoms with van der Waals surface area (Å²) in [5.41, 5.74) is 40.6. The molecule has 31 nitrogen and oxygen atoms in total. The monoisotopic (exact) mass is 1350 g/mol. The van der Waals surface area contributed by atoms with Crippen molar-refractivity contribution in [1.82, 2.24) is 52.3 Å². The lowest BCUT2D eigenvalue weighted by molar-refractivity contribution is -0.144. The molecule has 95 heavy (non-hydrogen) atoms. The molecule has 0 saturated carbocycles. The third kappa shape index (κ3) is 27.5. The van der Waals surface area contributed by atoms with Crippen LogP contribution in [-0.2, 0) is 75.2 Å². The number of primary amides is 3. The van der Waals surface area contributed by atoms with E-state index in [0.29, 0.717) is 55.4 Å². The molecule has 0 bridgehead atoms. The van der Waals surface area contributed by atoms with E-state index < -0.39 is 169 Å². The van der Waals surface area contributed by atoms with Crippen molar-refractivity contribution >= 4 is 94.5 Å². The average Bonchev–Trinajstić information content (AvgIpc) is 1.74. The lowest BCUT2D eigenvalue weighted by Crippen LogP contribution is -2.60. The maximum absolute atomic E-state index is 14.7. The van der Waals surface area contributed by atoms with Crippen molar-refractivity contribution in [2.24, 2.45) is 51.0 Å². The number of benzene rings is 2. The van der Waals surface area contributed by atoms with E-state index in [1.54, 1.807) is 60.7 Å². The van der Waals surface area contributed by atoms with E-state index in [4.69, 9.17) is 40.1 Å². The summed E-state index contributed by atoms with van der Waals surface area (Å²) < 4.78 is 0. The maximum atomic E-state index is 14.7. The number of carbonyl (C=O) groups is 13. The van der Waals surface area contributed by atoms with Crippen molar-refractivity contribution in [3.63, 3.8) is 0 Å². The van der Waals surface area contributed by atoms with Crippen molar-refractivity contribution in [2.45, 2.75) is 183 Å². The van der Waals surface area contributed by atoms with Crippen LogP contribution in [0.3, 0.4) is 0 Å². The topological polar surface area (TPSA) is 519 Å². The quantitative estimate of drug-likeness (QED) is 0.0173. The summed E-state index contributed by atoms with van der Waals surface area (Å²) in [6.45, 7) is 3.86. The van der Waals surface area contributed by atoms with Crippen LogP contribution in [0.15, 0.2) is 65.7 Å². The second kappa shape index (κ2) is 41.0. The fraction of sp³-hybridized carbons (Fsp3) is 0.587. The fourth-order valence-electron chi connectivity index (χ4n) is 11.0. The van der Waals surface area contributed by atoms with Gasteiger partial charge in [0, 0.05) is 45.3 Å². The molecule has 2 fully saturated rings. The highest BCUT2D eigenvalue weighted by Crippen LogP contribution is 2.24. The predicted molar refractivity (Wildman–Crippen MR) is 356 cm³/mol. The van der Waals surface area contributed by atoms with Gasteiger partial charge in [-0.25, -0.2) is 0 Å². The molecule has 0 unspecified atom stereocenters. The molecule has 32 heteroatoms. The zero-order valence-corrected chi connectivity index (χ0v) is 55.3. The molecule has 0 aliphatic carbocycles. The Labute approximate surface area is 558 Å². The smallest absolute Gasteiger partial charge is 0.245 e. The molecule has 13 amide bonds. The Morgan fingerprint density at radius 3 is 1.51 bits per heavy atom. The summed E-state index contributed by atoms with van der Waals surface area (Å²) in [6.07, 6.45) is 3.12. The minimum absolute atomic E-state index is 0.0736. The standard InChI is InChI=1S/C63H98N18O13S/c1-37(2)33-45(57(89)74-41(53(68)85)27-32-95-3)73-52(84)36-72-54(86)46(34-38-15-6-4-7-16-38)78-58(90)47(35-39-17-8-5-9-18-39)79-56(88)42(23-25-50(66)82)75-55(87)43(24-26-51(67)83)76-59(91)49-22-14-31-81(49)62(94)44(20-10-11-28-64)77-60(92)48-21-13-30-80(48)61(93)40(65)19-12-29-71-63(69)70/h4-9,15-18,37,40-49H,10-14,19-36,64-65H2,1-3H3,(H2,66,82)(H2,67,83)(H2,68,85)(H,72,86)(H,73,84)(H,74,89)(H,75,87)(H,76,91)(H,77,92)(H,78,90)(H,79,88)(H4,69,70,71)/t40-,41-,42-,43+,44+,45-,46+,47+,48-,49+/m0/s1. The number of aliphatic imine (C=N–C) groups is 1. The minimum atomic E-state index is -1.64. The second-order valence-corrected chi connectivity index (χ2v) is 25.1. The van der Waals surface area contributed by atoms with E-state index >= 15 is 0 Å².